The van der Waals surface area contributed by atoms with Gasteiger partial charge in [0, 0.05) is 37.3 Å². The highest BCUT2D eigenvalue weighted by molar-refractivity contribution is 6.07. The van der Waals surface area contributed by atoms with E-state index in [4.69, 9.17) is 4.98 Å². The molecule has 2 aromatic carbocycles. The van der Waals surface area contributed by atoms with Crippen LogP contribution in [0.15, 0.2) is 66.7 Å². The number of nitrogens with zero attached hydrogens (tertiary/aromatic N) is 4. The Balaban J connectivity index is 1.42. The zero-order valence-corrected chi connectivity index (χ0v) is 19.4. The molecule has 1 unspecified atom stereocenters. The van der Waals surface area contributed by atoms with E-state index in [1.807, 2.05) is 85.6 Å². The maximum absolute atomic E-state index is 13.5. The molecule has 1 fully saturated rings. The van der Waals surface area contributed by atoms with E-state index < -0.39 is 0 Å². The fourth-order valence-electron chi connectivity index (χ4n) is 4.69. The number of hydrogen-bond acceptors (Lipinski definition) is 4. The summed E-state index contributed by atoms with van der Waals surface area (Å²) < 4.78 is 1.72. The summed E-state index contributed by atoms with van der Waals surface area (Å²) in [7, 11) is 1.84. The normalized spacial score (nSPS) is 15.9. The van der Waals surface area contributed by atoms with Crippen molar-refractivity contribution in [1.82, 2.24) is 25.0 Å². The summed E-state index contributed by atoms with van der Waals surface area (Å²) in [5.41, 5.74) is 4.33. The zero-order chi connectivity index (χ0) is 23.7. The minimum Gasteiger partial charge on any atom is -0.347 e. The van der Waals surface area contributed by atoms with Crippen molar-refractivity contribution in [2.45, 2.75) is 25.8 Å². The van der Waals surface area contributed by atoms with Crippen LogP contribution < -0.4 is 5.32 Å². The van der Waals surface area contributed by atoms with Gasteiger partial charge in [-0.25, -0.2) is 4.98 Å². The van der Waals surface area contributed by atoms with E-state index in [2.05, 4.69) is 10.4 Å². The summed E-state index contributed by atoms with van der Waals surface area (Å²) in [5.74, 6) is -0.167. The third-order valence-corrected chi connectivity index (χ3v) is 6.35. The Hall–Kier alpha value is -4.00. The average molecular weight is 454 g/mol. The van der Waals surface area contributed by atoms with Gasteiger partial charge in [-0.15, -0.1) is 0 Å². The van der Waals surface area contributed by atoms with Crippen molar-refractivity contribution >= 4 is 22.8 Å². The molecular formula is C27H27N5O2. The van der Waals surface area contributed by atoms with Gasteiger partial charge in [0.25, 0.3) is 11.8 Å². The number of amides is 2. The third-order valence-electron chi connectivity index (χ3n) is 6.35. The number of carbonyl (C=O) groups is 2. The van der Waals surface area contributed by atoms with E-state index >= 15 is 0 Å². The Kier molecular flexibility index (Phi) is 5.84. The van der Waals surface area contributed by atoms with E-state index in [1.165, 1.54) is 0 Å². The molecule has 1 aliphatic rings. The predicted octanol–water partition coefficient (Wildman–Crippen LogP) is 3.98. The highest BCUT2D eigenvalue weighted by atomic mass is 16.2. The van der Waals surface area contributed by atoms with Gasteiger partial charge in [0.05, 0.1) is 22.3 Å². The van der Waals surface area contributed by atoms with Crippen LogP contribution in [0.5, 0.6) is 0 Å². The monoisotopic (exact) mass is 453 g/mol. The van der Waals surface area contributed by atoms with E-state index in [0.29, 0.717) is 29.9 Å². The maximum atomic E-state index is 13.5. The molecule has 1 aliphatic heterocycles. The Bertz CT molecular complexity index is 1350. The van der Waals surface area contributed by atoms with Crippen molar-refractivity contribution in [3.8, 4) is 11.3 Å². The summed E-state index contributed by atoms with van der Waals surface area (Å²) in [4.78, 5) is 33.1. The van der Waals surface area contributed by atoms with Crippen LogP contribution >= 0.6 is 0 Å². The van der Waals surface area contributed by atoms with Gasteiger partial charge in [0.2, 0.25) is 0 Å². The summed E-state index contributed by atoms with van der Waals surface area (Å²) in [6, 6.07) is 20.8. The van der Waals surface area contributed by atoms with Crippen LogP contribution in [-0.2, 0) is 7.05 Å². The van der Waals surface area contributed by atoms with Crippen LogP contribution in [-0.4, -0.2) is 50.6 Å². The quantitative estimate of drug-likeness (QED) is 0.507. The number of piperidine rings is 1. The molecule has 34 heavy (non-hydrogen) atoms. The van der Waals surface area contributed by atoms with Gasteiger partial charge >= 0.3 is 0 Å². The molecule has 2 aromatic heterocycles. The molecule has 7 heteroatoms. The van der Waals surface area contributed by atoms with Gasteiger partial charge in [-0.3, -0.25) is 14.3 Å². The van der Waals surface area contributed by atoms with Gasteiger partial charge in [-0.1, -0.05) is 48.5 Å². The second-order valence-corrected chi connectivity index (χ2v) is 8.76. The first-order valence-electron chi connectivity index (χ1n) is 11.6. The number of carbonyl (C=O) groups excluding carboxylic acids is 2. The SMILES string of the molecule is Cc1nn(C)c2nc(-c3ccccc3)cc(C(=O)NC3CCCN(C(=O)c4ccccc4)C3)c12. The number of likely N-dealkylation sites (tertiary alicyclic amines) is 1. The average Bonchev–Trinajstić information content (AvgIpc) is 3.17. The fourth-order valence-corrected chi connectivity index (χ4v) is 4.69. The second kappa shape index (κ2) is 9.09. The molecule has 5 rings (SSSR count). The molecule has 0 bridgehead atoms. The highest BCUT2D eigenvalue weighted by Crippen LogP contribution is 2.27. The summed E-state index contributed by atoms with van der Waals surface area (Å²) in [6.07, 6.45) is 1.67. The number of benzene rings is 2. The minimum atomic E-state index is -0.167. The smallest absolute Gasteiger partial charge is 0.253 e. The number of rotatable bonds is 4. The zero-order valence-electron chi connectivity index (χ0n) is 19.4. The molecule has 3 heterocycles. The van der Waals surface area contributed by atoms with Crippen molar-refractivity contribution in [1.29, 1.82) is 0 Å². The number of pyridine rings is 1. The lowest BCUT2D eigenvalue weighted by Gasteiger charge is -2.33. The molecule has 1 N–H and O–H groups in total. The van der Waals surface area contributed by atoms with Crippen LogP contribution in [0.1, 0.15) is 39.3 Å². The van der Waals surface area contributed by atoms with Crippen molar-refractivity contribution in [3.05, 3.63) is 83.6 Å². The molecule has 0 saturated carbocycles. The van der Waals surface area contributed by atoms with Crippen LogP contribution in [0.4, 0.5) is 0 Å². The lowest BCUT2D eigenvalue weighted by atomic mass is 10.0. The largest absolute Gasteiger partial charge is 0.347 e. The number of fused-ring (bicyclic) bond motifs is 1. The second-order valence-electron chi connectivity index (χ2n) is 8.76. The molecule has 0 aliphatic carbocycles. The number of hydrogen-bond donors (Lipinski definition) is 1. The molecule has 0 radical (unpaired) electrons. The fraction of sp³-hybridized carbons (Fsp3) is 0.259. The molecule has 1 saturated heterocycles. The van der Waals surface area contributed by atoms with Crippen LogP contribution in [0.25, 0.3) is 22.3 Å². The molecule has 172 valence electrons. The summed E-state index contributed by atoms with van der Waals surface area (Å²) in [5, 5.41) is 8.44. The van der Waals surface area contributed by atoms with Crippen LogP contribution in [0.3, 0.4) is 0 Å². The molecule has 7 nitrogen and oxygen atoms in total. The molecule has 2 amide bonds. The van der Waals surface area contributed by atoms with Crippen molar-refractivity contribution in [2.75, 3.05) is 13.1 Å². The maximum Gasteiger partial charge on any atom is 0.253 e. The first-order chi connectivity index (χ1) is 16.5. The first kappa shape index (κ1) is 21.8. The highest BCUT2D eigenvalue weighted by Gasteiger charge is 2.27. The Morgan fingerprint density at radius 3 is 2.47 bits per heavy atom. The lowest BCUT2D eigenvalue weighted by molar-refractivity contribution is 0.0676. The minimum absolute atomic E-state index is 0.000295. The lowest BCUT2D eigenvalue weighted by Crippen LogP contribution is -2.49. The van der Waals surface area contributed by atoms with Crippen LogP contribution in [0, 0.1) is 6.92 Å². The standard InChI is InChI=1S/C27H27N5O2/c1-18-24-22(16-23(19-10-5-3-6-11-19)29-25(24)31(2)30-18)26(33)28-21-14-9-15-32(17-21)27(34)20-12-7-4-8-13-20/h3-8,10-13,16,21H,9,14-15,17H2,1-2H3,(H,28,33). The van der Waals surface area contributed by atoms with E-state index in [9.17, 15) is 9.59 Å². The van der Waals surface area contributed by atoms with Gasteiger partial charge in [0.15, 0.2) is 5.65 Å². The van der Waals surface area contributed by atoms with Gasteiger partial charge in [-0.2, -0.15) is 5.10 Å². The Morgan fingerprint density at radius 2 is 1.74 bits per heavy atom. The van der Waals surface area contributed by atoms with Gasteiger partial charge < -0.3 is 10.2 Å². The number of aromatic nitrogens is 3. The number of nitrogens with one attached hydrogen (secondary N) is 1. The summed E-state index contributed by atoms with van der Waals surface area (Å²) in [6.45, 7) is 3.08. The van der Waals surface area contributed by atoms with Crippen molar-refractivity contribution < 1.29 is 9.59 Å². The van der Waals surface area contributed by atoms with Gasteiger partial charge in [0.1, 0.15) is 0 Å². The van der Waals surface area contributed by atoms with Crippen LogP contribution in [0.2, 0.25) is 0 Å². The molecule has 4 aromatic rings. The van der Waals surface area contributed by atoms with E-state index in [0.717, 1.165) is 35.2 Å². The Labute approximate surface area is 198 Å². The van der Waals surface area contributed by atoms with E-state index in [-0.39, 0.29) is 17.9 Å². The van der Waals surface area contributed by atoms with Gasteiger partial charge in [-0.05, 0) is 38.0 Å². The summed E-state index contributed by atoms with van der Waals surface area (Å²) >= 11 is 0. The van der Waals surface area contributed by atoms with Crippen molar-refractivity contribution in [2.24, 2.45) is 7.05 Å². The topological polar surface area (TPSA) is 80.1 Å². The first-order valence-corrected chi connectivity index (χ1v) is 11.6. The third kappa shape index (κ3) is 4.17. The Morgan fingerprint density at radius 1 is 1.03 bits per heavy atom. The molecular weight excluding hydrogens is 426 g/mol. The molecule has 0 spiro atoms. The molecule has 1 atom stereocenters. The number of aryl methyl sites for hydroxylation is 2. The van der Waals surface area contributed by atoms with E-state index in [1.54, 1.807) is 4.68 Å². The predicted molar refractivity (Wildman–Crippen MR) is 132 cm³/mol. The van der Waals surface area contributed by atoms with Crippen molar-refractivity contribution in [3.63, 3.8) is 0 Å².